The second-order valence-electron chi connectivity index (χ2n) is 4.07. The first-order valence-corrected chi connectivity index (χ1v) is 5.68. The van der Waals surface area contributed by atoms with Gasteiger partial charge in [-0.2, -0.15) is 4.98 Å². The van der Waals surface area contributed by atoms with Crippen LogP contribution in [0.1, 0.15) is 11.7 Å². The van der Waals surface area contributed by atoms with Crippen LogP contribution in [0.4, 0.5) is 5.95 Å². The largest absolute Gasteiger partial charge is 0.347 e. The van der Waals surface area contributed by atoms with Crippen LogP contribution in [0.2, 0.25) is 0 Å². The van der Waals surface area contributed by atoms with E-state index in [1.807, 2.05) is 35.9 Å². The topological polar surface area (TPSA) is 68.8 Å². The van der Waals surface area contributed by atoms with Crippen molar-refractivity contribution in [3.05, 3.63) is 36.0 Å². The number of aryl methyl sites for hydroxylation is 2. The van der Waals surface area contributed by atoms with Gasteiger partial charge in [-0.25, -0.2) is 4.98 Å². The third-order valence-corrected chi connectivity index (χ3v) is 2.75. The molecule has 92 valence electrons. The van der Waals surface area contributed by atoms with E-state index in [2.05, 4.69) is 20.4 Å². The maximum atomic E-state index is 5.04. The van der Waals surface area contributed by atoms with Crippen LogP contribution in [-0.2, 0) is 13.6 Å². The summed E-state index contributed by atoms with van der Waals surface area (Å²) >= 11 is 0. The molecular formula is C12H13N5O. The number of imidazole rings is 1. The molecule has 1 aromatic carbocycles. The van der Waals surface area contributed by atoms with E-state index >= 15 is 0 Å². The van der Waals surface area contributed by atoms with Crippen molar-refractivity contribution in [1.29, 1.82) is 0 Å². The fourth-order valence-corrected chi connectivity index (χ4v) is 1.87. The van der Waals surface area contributed by atoms with Crippen LogP contribution in [0.3, 0.4) is 0 Å². The maximum Gasteiger partial charge on any atom is 0.246 e. The fourth-order valence-electron chi connectivity index (χ4n) is 1.87. The number of hydrogen-bond acceptors (Lipinski definition) is 5. The van der Waals surface area contributed by atoms with E-state index in [-0.39, 0.29) is 0 Å². The molecule has 2 heterocycles. The zero-order valence-electron chi connectivity index (χ0n) is 10.2. The Balaban J connectivity index is 1.84. The van der Waals surface area contributed by atoms with E-state index in [4.69, 9.17) is 4.52 Å². The minimum absolute atomic E-state index is 0.470. The highest BCUT2D eigenvalue weighted by molar-refractivity contribution is 5.78. The second-order valence-corrected chi connectivity index (χ2v) is 4.07. The minimum atomic E-state index is 0.470. The molecule has 3 rings (SSSR count). The van der Waals surface area contributed by atoms with Crippen molar-refractivity contribution in [3.8, 4) is 0 Å². The Hall–Kier alpha value is -2.37. The number of hydrogen-bond donors (Lipinski definition) is 1. The zero-order chi connectivity index (χ0) is 12.5. The number of rotatable bonds is 3. The molecule has 0 aliphatic heterocycles. The van der Waals surface area contributed by atoms with Crippen LogP contribution in [0, 0.1) is 6.92 Å². The van der Waals surface area contributed by atoms with Crippen molar-refractivity contribution >= 4 is 17.0 Å². The standard InChI is InChI=1S/C12H13N5O/c1-8-14-11(18-16-8)7-13-12-15-9-5-3-4-6-10(9)17(12)2/h3-6H,7H2,1-2H3,(H,13,15). The maximum absolute atomic E-state index is 5.04. The van der Waals surface area contributed by atoms with Gasteiger partial charge in [0.05, 0.1) is 17.6 Å². The van der Waals surface area contributed by atoms with Gasteiger partial charge in [0.2, 0.25) is 11.8 Å². The van der Waals surface area contributed by atoms with Crippen molar-refractivity contribution in [2.24, 2.45) is 7.05 Å². The number of benzene rings is 1. The molecule has 0 atom stereocenters. The highest BCUT2D eigenvalue weighted by Gasteiger charge is 2.08. The lowest BCUT2D eigenvalue weighted by Gasteiger charge is -2.02. The van der Waals surface area contributed by atoms with Crippen LogP contribution in [-0.4, -0.2) is 19.7 Å². The van der Waals surface area contributed by atoms with Crippen LogP contribution in [0.25, 0.3) is 11.0 Å². The van der Waals surface area contributed by atoms with Crippen LogP contribution >= 0.6 is 0 Å². The van der Waals surface area contributed by atoms with E-state index in [0.717, 1.165) is 17.0 Å². The smallest absolute Gasteiger partial charge is 0.246 e. The lowest BCUT2D eigenvalue weighted by atomic mass is 10.3. The Morgan fingerprint density at radius 1 is 1.28 bits per heavy atom. The quantitative estimate of drug-likeness (QED) is 0.760. The van der Waals surface area contributed by atoms with Crippen molar-refractivity contribution in [2.45, 2.75) is 13.5 Å². The number of para-hydroxylation sites is 2. The summed E-state index contributed by atoms with van der Waals surface area (Å²) in [7, 11) is 1.97. The average Bonchev–Trinajstić information content (AvgIpc) is 2.92. The van der Waals surface area contributed by atoms with Gasteiger partial charge in [0, 0.05) is 7.05 Å². The Morgan fingerprint density at radius 3 is 2.83 bits per heavy atom. The molecule has 3 aromatic rings. The second kappa shape index (κ2) is 4.14. The molecule has 0 fully saturated rings. The van der Waals surface area contributed by atoms with E-state index < -0.39 is 0 Å². The van der Waals surface area contributed by atoms with Crippen molar-refractivity contribution in [2.75, 3.05) is 5.32 Å². The molecule has 2 aromatic heterocycles. The lowest BCUT2D eigenvalue weighted by Crippen LogP contribution is -2.05. The number of fused-ring (bicyclic) bond motifs is 1. The monoisotopic (exact) mass is 243 g/mol. The molecule has 0 saturated carbocycles. The molecule has 6 heteroatoms. The Bertz CT molecular complexity index is 685. The van der Waals surface area contributed by atoms with Crippen LogP contribution < -0.4 is 5.32 Å². The van der Waals surface area contributed by atoms with E-state index in [1.54, 1.807) is 6.92 Å². The van der Waals surface area contributed by atoms with Gasteiger partial charge in [-0.05, 0) is 19.1 Å². The third kappa shape index (κ3) is 1.81. The summed E-state index contributed by atoms with van der Waals surface area (Å²) in [5, 5.41) is 6.93. The molecule has 0 aliphatic rings. The molecule has 0 amide bonds. The van der Waals surface area contributed by atoms with Crippen molar-refractivity contribution < 1.29 is 4.52 Å². The Morgan fingerprint density at radius 2 is 2.11 bits per heavy atom. The average molecular weight is 243 g/mol. The number of aromatic nitrogens is 4. The van der Waals surface area contributed by atoms with Gasteiger partial charge in [0.1, 0.15) is 0 Å². The molecule has 0 radical (unpaired) electrons. The molecule has 6 nitrogen and oxygen atoms in total. The summed E-state index contributed by atoms with van der Waals surface area (Å²) in [5.74, 6) is 1.98. The molecule has 1 N–H and O–H groups in total. The predicted molar refractivity (Wildman–Crippen MR) is 67.1 cm³/mol. The van der Waals surface area contributed by atoms with Crippen LogP contribution in [0.15, 0.2) is 28.8 Å². The van der Waals surface area contributed by atoms with Crippen molar-refractivity contribution in [1.82, 2.24) is 19.7 Å². The van der Waals surface area contributed by atoms with Crippen LogP contribution in [0.5, 0.6) is 0 Å². The molecule has 0 spiro atoms. The van der Waals surface area contributed by atoms with Gasteiger partial charge >= 0.3 is 0 Å². The van der Waals surface area contributed by atoms with Gasteiger partial charge in [-0.15, -0.1) is 0 Å². The van der Waals surface area contributed by atoms with Gasteiger partial charge in [0.15, 0.2) is 5.82 Å². The van der Waals surface area contributed by atoms with Gasteiger partial charge in [-0.1, -0.05) is 17.3 Å². The van der Waals surface area contributed by atoms with E-state index in [9.17, 15) is 0 Å². The third-order valence-electron chi connectivity index (χ3n) is 2.75. The molecule has 0 unspecified atom stereocenters. The normalized spacial score (nSPS) is 11.0. The summed E-state index contributed by atoms with van der Waals surface area (Å²) in [4.78, 5) is 8.63. The first kappa shape index (κ1) is 10.8. The molecule has 0 saturated heterocycles. The summed E-state index contributed by atoms with van der Waals surface area (Å²) in [6.07, 6.45) is 0. The summed E-state index contributed by atoms with van der Waals surface area (Å²) in [6.45, 7) is 2.26. The minimum Gasteiger partial charge on any atom is -0.347 e. The van der Waals surface area contributed by atoms with E-state index in [1.165, 1.54) is 0 Å². The summed E-state index contributed by atoms with van der Waals surface area (Å²) < 4.78 is 7.04. The Labute approximate surface area is 104 Å². The lowest BCUT2D eigenvalue weighted by molar-refractivity contribution is 0.379. The Kier molecular flexibility index (Phi) is 2.47. The van der Waals surface area contributed by atoms with Crippen molar-refractivity contribution in [3.63, 3.8) is 0 Å². The van der Waals surface area contributed by atoms with Gasteiger partial charge in [0.25, 0.3) is 0 Å². The van der Waals surface area contributed by atoms with E-state index in [0.29, 0.717) is 18.3 Å². The first-order chi connectivity index (χ1) is 8.74. The molecule has 18 heavy (non-hydrogen) atoms. The number of nitrogens with zero attached hydrogens (tertiary/aromatic N) is 4. The predicted octanol–water partition coefficient (Wildman–Crippen LogP) is 1.88. The number of anilines is 1. The molecule has 0 bridgehead atoms. The van der Waals surface area contributed by atoms with Gasteiger partial charge < -0.3 is 14.4 Å². The molecule has 0 aliphatic carbocycles. The van der Waals surface area contributed by atoms with Gasteiger partial charge in [-0.3, -0.25) is 0 Å². The molecular weight excluding hydrogens is 230 g/mol. The number of nitrogens with one attached hydrogen (secondary N) is 1. The SMILES string of the molecule is Cc1noc(CNc2nc3ccccc3n2C)n1. The highest BCUT2D eigenvalue weighted by Crippen LogP contribution is 2.17. The first-order valence-electron chi connectivity index (χ1n) is 5.68. The summed E-state index contributed by atoms with van der Waals surface area (Å²) in [6, 6.07) is 7.98. The summed E-state index contributed by atoms with van der Waals surface area (Å²) in [5.41, 5.74) is 2.05. The fraction of sp³-hybridized carbons (Fsp3) is 0.250. The highest BCUT2D eigenvalue weighted by atomic mass is 16.5. The zero-order valence-corrected chi connectivity index (χ0v) is 10.2.